The average Bonchev–Trinajstić information content (AvgIpc) is 2.82. The summed E-state index contributed by atoms with van der Waals surface area (Å²) < 4.78 is 17.7. The summed E-state index contributed by atoms with van der Waals surface area (Å²) >= 11 is 0. The molecule has 0 aliphatic carbocycles. The Balaban J connectivity index is 1.87. The number of likely N-dealkylation sites (N-methyl/N-ethyl adjacent to an activating group) is 1. The van der Waals surface area contributed by atoms with Crippen LogP contribution >= 0.6 is 0 Å². The normalized spacial score (nSPS) is 20.2. The van der Waals surface area contributed by atoms with E-state index in [1.807, 2.05) is 80.8 Å². The van der Waals surface area contributed by atoms with E-state index in [-0.39, 0.29) is 11.8 Å². The molecule has 0 aromatic heterocycles. The van der Waals surface area contributed by atoms with Crippen molar-refractivity contribution in [1.82, 2.24) is 4.90 Å². The highest BCUT2D eigenvalue weighted by Crippen LogP contribution is 2.49. The number of Topliss-reactive ketones (excluding diaryl/α,β-unsaturated/α-hetero) is 1. The molecule has 0 fully saturated rings. The Labute approximate surface area is 183 Å². The number of hydrogen-bond donors (Lipinski definition) is 0. The van der Waals surface area contributed by atoms with Gasteiger partial charge in [0.25, 0.3) is 0 Å². The summed E-state index contributed by atoms with van der Waals surface area (Å²) in [6.45, 7) is 0. The van der Waals surface area contributed by atoms with E-state index in [4.69, 9.17) is 14.2 Å². The molecule has 4 rings (SSSR count). The van der Waals surface area contributed by atoms with Gasteiger partial charge in [-0.25, -0.2) is 0 Å². The third-order valence-electron chi connectivity index (χ3n) is 5.76. The Morgan fingerprint density at radius 2 is 1.52 bits per heavy atom. The van der Waals surface area contributed by atoms with E-state index in [0.717, 1.165) is 16.7 Å². The van der Waals surface area contributed by atoms with Crippen LogP contribution in [0.25, 0.3) is 0 Å². The van der Waals surface area contributed by atoms with Gasteiger partial charge in [-0.15, -0.1) is 0 Å². The van der Waals surface area contributed by atoms with Crippen molar-refractivity contribution in [2.75, 3.05) is 28.3 Å². The SMILES string of the molecule is COc1ccc(OC)c([C@H]2O[C@H](C(=O)c3ccccc3)c3ccccc3[C@@H]2N(C)C)c1. The van der Waals surface area contributed by atoms with Gasteiger partial charge >= 0.3 is 0 Å². The van der Waals surface area contributed by atoms with Gasteiger partial charge < -0.3 is 14.2 Å². The number of rotatable bonds is 6. The molecular formula is C26H27NO4. The van der Waals surface area contributed by atoms with E-state index >= 15 is 0 Å². The first-order valence-electron chi connectivity index (χ1n) is 10.3. The fourth-order valence-corrected chi connectivity index (χ4v) is 4.29. The van der Waals surface area contributed by atoms with Gasteiger partial charge in [-0.05, 0) is 43.4 Å². The molecule has 160 valence electrons. The van der Waals surface area contributed by atoms with Crippen molar-refractivity contribution in [3.8, 4) is 11.5 Å². The Kier molecular flexibility index (Phi) is 6.07. The molecule has 3 aromatic rings. The maximum absolute atomic E-state index is 13.5. The van der Waals surface area contributed by atoms with Crippen LogP contribution in [-0.4, -0.2) is 39.0 Å². The summed E-state index contributed by atoms with van der Waals surface area (Å²) in [7, 11) is 7.31. The minimum Gasteiger partial charge on any atom is -0.497 e. The van der Waals surface area contributed by atoms with Crippen molar-refractivity contribution in [3.05, 3.63) is 95.1 Å². The van der Waals surface area contributed by atoms with Crippen LogP contribution in [-0.2, 0) is 4.74 Å². The van der Waals surface area contributed by atoms with E-state index in [2.05, 4.69) is 11.0 Å². The van der Waals surface area contributed by atoms with Gasteiger partial charge in [0.05, 0.1) is 20.3 Å². The standard InChI is InChI=1S/C26H27NO4/c1-27(2)23-19-12-8-9-13-20(19)26(24(28)17-10-6-5-7-11-17)31-25(23)21-16-18(29-3)14-15-22(21)30-4/h5-16,23,25-26H,1-4H3/t23-,25+,26-/m0/s1. The summed E-state index contributed by atoms with van der Waals surface area (Å²) in [5, 5.41) is 0. The first kappa shape index (κ1) is 21.1. The number of ketones is 1. The second-order valence-electron chi connectivity index (χ2n) is 7.81. The molecular weight excluding hydrogens is 390 g/mol. The molecule has 0 radical (unpaired) electrons. The molecule has 0 saturated heterocycles. The van der Waals surface area contributed by atoms with Gasteiger partial charge in [-0.3, -0.25) is 9.69 Å². The Morgan fingerprint density at radius 3 is 2.16 bits per heavy atom. The molecule has 0 N–H and O–H groups in total. The number of carbonyl (C=O) groups is 1. The van der Waals surface area contributed by atoms with Crippen molar-refractivity contribution in [3.63, 3.8) is 0 Å². The van der Waals surface area contributed by atoms with Gasteiger partial charge in [0.1, 0.15) is 23.7 Å². The number of hydrogen-bond acceptors (Lipinski definition) is 5. The van der Waals surface area contributed by atoms with Crippen molar-refractivity contribution >= 4 is 5.78 Å². The van der Waals surface area contributed by atoms with Crippen molar-refractivity contribution in [2.24, 2.45) is 0 Å². The summed E-state index contributed by atoms with van der Waals surface area (Å²) in [5.74, 6) is 1.35. The Morgan fingerprint density at radius 1 is 0.839 bits per heavy atom. The number of nitrogens with zero attached hydrogens (tertiary/aromatic N) is 1. The molecule has 1 heterocycles. The predicted octanol–water partition coefficient (Wildman–Crippen LogP) is 5.00. The Bertz CT molecular complexity index is 1060. The first-order valence-corrected chi connectivity index (χ1v) is 10.3. The average molecular weight is 418 g/mol. The van der Waals surface area contributed by atoms with Crippen LogP contribution < -0.4 is 9.47 Å². The maximum Gasteiger partial charge on any atom is 0.196 e. The highest BCUT2D eigenvalue weighted by molar-refractivity contribution is 6.00. The molecule has 1 aliphatic heterocycles. The lowest BCUT2D eigenvalue weighted by Gasteiger charge is -2.41. The highest BCUT2D eigenvalue weighted by atomic mass is 16.5. The zero-order valence-electron chi connectivity index (χ0n) is 18.2. The first-order chi connectivity index (χ1) is 15.0. The lowest BCUT2D eigenvalue weighted by molar-refractivity contribution is -0.0588. The van der Waals surface area contributed by atoms with E-state index in [9.17, 15) is 4.79 Å². The molecule has 31 heavy (non-hydrogen) atoms. The van der Waals surface area contributed by atoms with Crippen LogP contribution in [0.3, 0.4) is 0 Å². The number of methoxy groups -OCH3 is 2. The second kappa shape index (κ2) is 8.92. The lowest BCUT2D eigenvalue weighted by Crippen LogP contribution is -2.36. The molecule has 3 atom stereocenters. The van der Waals surface area contributed by atoms with E-state index in [1.165, 1.54) is 0 Å². The number of ether oxygens (including phenoxy) is 3. The molecule has 0 spiro atoms. The molecule has 5 heteroatoms. The van der Waals surface area contributed by atoms with Crippen molar-refractivity contribution < 1.29 is 19.0 Å². The summed E-state index contributed by atoms with van der Waals surface area (Å²) in [4.78, 5) is 15.6. The van der Waals surface area contributed by atoms with Gasteiger partial charge in [-0.1, -0.05) is 54.6 Å². The molecule has 0 amide bonds. The van der Waals surface area contributed by atoms with E-state index < -0.39 is 12.2 Å². The fraction of sp³-hybridized carbons (Fsp3) is 0.269. The van der Waals surface area contributed by atoms with Crippen LogP contribution in [0.1, 0.15) is 45.3 Å². The molecule has 0 unspecified atom stereocenters. The molecule has 3 aromatic carbocycles. The zero-order valence-corrected chi connectivity index (χ0v) is 18.2. The summed E-state index contributed by atoms with van der Waals surface area (Å²) in [6, 6.07) is 22.9. The van der Waals surface area contributed by atoms with Crippen LogP contribution in [0, 0.1) is 0 Å². The van der Waals surface area contributed by atoms with Crippen molar-refractivity contribution in [2.45, 2.75) is 18.2 Å². The monoisotopic (exact) mass is 417 g/mol. The third-order valence-corrected chi connectivity index (χ3v) is 5.76. The van der Waals surface area contributed by atoms with E-state index in [1.54, 1.807) is 14.2 Å². The van der Waals surface area contributed by atoms with Crippen LogP contribution in [0.15, 0.2) is 72.8 Å². The van der Waals surface area contributed by atoms with Crippen LogP contribution in [0.4, 0.5) is 0 Å². The predicted molar refractivity (Wildman–Crippen MR) is 120 cm³/mol. The third kappa shape index (κ3) is 3.94. The molecule has 5 nitrogen and oxygen atoms in total. The number of carbonyl (C=O) groups excluding carboxylic acids is 1. The van der Waals surface area contributed by atoms with Gasteiger partial charge in [0, 0.05) is 11.1 Å². The van der Waals surface area contributed by atoms with Crippen molar-refractivity contribution in [1.29, 1.82) is 0 Å². The van der Waals surface area contributed by atoms with E-state index in [0.29, 0.717) is 17.1 Å². The fourth-order valence-electron chi connectivity index (χ4n) is 4.29. The minimum absolute atomic E-state index is 0.0582. The van der Waals surface area contributed by atoms with Crippen LogP contribution in [0.5, 0.6) is 11.5 Å². The number of fused-ring (bicyclic) bond motifs is 1. The largest absolute Gasteiger partial charge is 0.497 e. The van der Waals surface area contributed by atoms with Gasteiger partial charge in [0.2, 0.25) is 0 Å². The maximum atomic E-state index is 13.5. The topological polar surface area (TPSA) is 48.0 Å². The Hall–Kier alpha value is -3.15. The highest BCUT2D eigenvalue weighted by Gasteiger charge is 2.42. The molecule has 1 aliphatic rings. The van der Waals surface area contributed by atoms with Gasteiger partial charge in [-0.2, -0.15) is 0 Å². The zero-order chi connectivity index (χ0) is 22.0. The smallest absolute Gasteiger partial charge is 0.196 e. The lowest BCUT2D eigenvalue weighted by atomic mass is 9.84. The number of benzene rings is 3. The van der Waals surface area contributed by atoms with Gasteiger partial charge in [0.15, 0.2) is 5.78 Å². The summed E-state index contributed by atoms with van der Waals surface area (Å²) in [5.41, 5.74) is 3.44. The molecule has 0 saturated carbocycles. The second-order valence-corrected chi connectivity index (χ2v) is 7.81. The molecule has 0 bridgehead atoms. The van der Waals surface area contributed by atoms with Crippen LogP contribution in [0.2, 0.25) is 0 Å². The minimum atomic E-state index is -0.712. The summed E-state index contributed by atoms with van der Waals surface area (Å²) in [6.07, 6.45) is -1.14. The quantitative estimate of drug-likeness (QED) is 0.528.